The molecule has 2 rings (SSSR count). The van der Waals surface area contributed by atoms with Crippen LogP contribution in [0.4, 0.5) is 0 Å². The van der Waals surface area contributed by atoms with Gasteiger partial charge in [0.1, 0.15) is 0 Å². The summed E-state index contributed by atoms with van der Waals surface area (Å²) in [6, 6.07) is 14.7. The van der Waals surface area contributed by atoms with Gasteiger partial charge in [-0.3, -0.25) is 0 Å². The Hall–Kier alpha value is -0.700. The predicted molar refractivity (Wildman–Crippen MR) is 149 cm³/mol. The van der Waals surface area contributed by atoms with Gasteiger partial charge in [0.2, 0.25) is 0 Å². The Morgan fingerprint density at radius 2 is 0.710 bits per heavy atom. The Balaban J connectivity index is 2.09. The van der Waals surface area contributed by atoms with Gasteiger partial charge in [-0.05, 0) is 74.3 Å². The lowest BCUT2D eigenvalue weighted by Crippen LogP contribution is -2.13. The van der Waals surface area contributed by atoms with E-state index >= 15 is 0 Å². The van der Waals surface area contributed by atoms with Crippen molar-refractivity contribution in [3.8, 4) is 0 Å². The third-order valence-corrected chi connectivity index (χ3v) is 8.86. The summed E-state index contributed by atoms with van der Waals surface area (Å²) in [7, 11) is 1.80. The van der Waals surface area contributed by atoms with E-state index in [4.69, 9.17) is 0 Å². The summed E-state index contributed by atoms with van der Waals surface area (Å²) in [5.41, 5.74) is 7.49. The summed E-state index contributed by atoms with van der Waals surface area (Å²) in [5.74, 6) is 2.39. The smallest absolute Gasteiger partial charge is 0.0218 e. The van der Waals surface area contributed by atoms with Crippen LogP contribution in [-0.2, 0) is 0 Å². The molecule has 0 radical (unpaired) electrons. The molecule has 0 nitrogen and oxygen atoms in total. The highest BCUT2D eigenvalue weighted by Gasteiger charge is 2.15. The molecule has 0 aliphatic heterocycles. The van der Waals surface area contributed by atoms with Crippen molar-refractivity contribution in [2.45, 2.75) is 111 Å². The minimum absolute atomic E-state index is 0.598. The van der Waals surface area contributed by atoms with Gasteiger partial charge in [-0.15, -0.1) is 0 Å². The molecule has 0 amide bonds. The number of rotatable bonds is 10. The van der Waals surface area contributed by atoms with Crippen molar-refractivity contribution in [3.05, 3.63) is 58.7 Å². The van der Waals surface area contributed by atoms with Gasteiger partial charge in [0.15, 0.2) is 0 Å². The van der Waals surface area contributed by atoms with Gasteiger partial charge in [-0.25, -0.2) is 0 Å². The van der Waals surface area contributed by atoms with Crippen molar-refractivity contribution in [1.29, 1.82) is 0 Å². The van der Waals surface area contributed by atoms with E-state index in [0.717, 1.165) is 28.5 Å². The number of hydrogen-bond donors (Lipinski definition) is 0. The third kappa shape index (κ3) is 8.30. The molecule has 0 aromatic heterocycles. The molecule has 2 unspecified atom stereocenters. The second kappa shape index (κ2) is 12.0. The zero-order valence-electron chi connectivity index (χ0n) is 21.6. The Morgan fingerprint density at radius 3 is 0.935 bits per heavy atom. The minimum Gasteiger partial charge on any atom is -0.0874 e. The van der Waals surface area contributed by atoms with Gasteiger partial charge in [0, 0.05) is 0 Å². The highest BCUT2D eigenvalue weighted by molar-refractivity contribution is 7.49. The normalized spacial score (nSPS) is 14.9. The molecule has 0 spiro atoms. The lowest BCUT2D eigenvalue weighted by molar-refractivity contribution is 0.798. The highest BCUT2D eigenvalue weighted by Crippen LogP contribution is 2.33. The molecular formula is C29H46P2. The average molecular weight is 457 g/mol. The largest absolute Gasteiger partial charge is 0.0874 e. The third-order valence-electron chi connectivity index (χ3n) is 6.16. The average Bonchev–Trinajstić information content (AvgIpc) is 2.66. The van der Waals surface area contributed by atoms with Crippen molar-refractivity contribution in [2.24, 2.45) is 0 Å². The summed E-state index contributed by atoms with van der Waals surface area (Å²) in [6.45, 7) is 23.4. The maximum Gasteiger partial charge on any atom is -0.0218 e. The van der Waals surface area contributed by atoms with E-state index in [9.17, 15) is 0 Å². The van der Waals surface area contributed by atoms with Crippen molar-refractivity contribution >= 4 is 27.8 Å². The Bertz CT molecular complexity index is 711. The first kappa shape index (κ1) is 26.6. The molecular weight excluding hydrogens is 410 g/mol. The number of hydrogen-bond acceptors (Lipinski definition) is 0. The van der Waals surface area contributed by atoms with Gasteiger partial charge in [0.25, 0.3) is 0 Å². The summed E-state index contributed by atoms with van der Waals surface area (Å²) in [5, 5.41) is 3.11. The summed E-state index contributed by atoms with van der Waals surface area (Å²) >= 11 is 0. The van der Waals surface area contributed by atoms with Crippen LogP contribution in [0.5, 0.6) is 0 Å². The lowest BCUT2D eigenvalue weighted by atomic mass is 9.96. The van der Waals surface area contributed by atoms with E-state index in [1.54, 1.807) is 10.6 Å². The van der Waals surface area contributed by atoms with Crippen LogP contribution in [0, 0.1) is 0 Å². The molecule has 0 heterocycles. The molecule has 2 heteroatoms. The van der Waals surface area contributed by atoms with Gasteiger partial charge in [-0.1, -0.05) is 123 Å². The topological polar surface area (TPSA) is 0 Å². The summed E-state index contributed by atoms with van der Waals surface area (Å²) in [4.78, 5) is 0. The Morgan fingerprint density at radius 1 is 0.452 bits per heavy atom. The lowest BCUT2D eigenvalue weighted by Gasteiger charge is -2.21. The maximum absolute atomic E-state index is 2.47. The molecule has 2 aromatic rings. The van der Waals surface area contributed by atoms with E-state index in [1.165, 1.54) is 28.7 Å². The van der Waals surface area contributed by atoms with Crippen LogP contribution in [0.3, 0.4) is 0 Å². The van der Waals surface area contributed by atoms with Crippen molar-refractivity contribution < 1.29 is 0 Å². The van der Waals surface area contributed by atoms with Crippen LogP contribution < -0.4 is 10.6 Å². The fourth-order valence-corrected chi connectivity index (χ4v) is 7.39. The molecule has 2 aromatic carbocycles. The molecule has 31 heavy (non-hydrogen) atoms. The quantitative estimate of drug-likeness (QED) is 0.314. The Labute approximate surface area is 197 Å². The number of benzene rings is 2. The molecule has 172 valence electrons. The van der Waals surface area contributed by atoms with Crippen LogP contribution in [0.2, 0.25) is 0 Å². The highest BCUT2D eigenvalue weighted by atomic mass is 31.1. The van der Waals surface area contributed by atoms with Gasteiger partial charge in [0.05, 0.1) is 0 Å². The predicted octanol–water partition coefficient (Wildman–Crippen LogP) is 8.66. The fraction of sp³-hybridized carbons (Fsp3) is 0.586. The van der Waals surface area contributed by atoms with Gasteiger partial charge < -0.3 is 0 Å². The van der Waals surface area contributed by atoms with Crippen LogP contribution in [0.25, 0.3) is 0 Å². The minimum atomic E-state index is 0.598. The molecule has 0 aliphatic carbocycles. The molecule has 0 N–H and O–H groups in total. The second-order valence-electron chi connectivity index (χ2n) is 10.7. The monoisotopic (exact) mass is 456 g/mol. The molecule has 4 atom stereocenters. The first-order valence-electron chi connectivity index (χ1n) is 12.3. The van der Waals surface area contributed by atoms with Crippen molar-refractivity contribution in [2.75, 3.05) is 0 Å². The van der Waals surface area contributed by atoms with Gasteiger partial charge in [-0.2, -0.15) is 0 Å². The maximum atomic E-state index is 2.47. The molecule has 0 bridgehead atoms. The van der Waals surface area contributed by atoms with E-state index < -0.39 is 0 Å². The van der Waals surface area contributed by atoms with Crippen LogP contribution in [0.1, 0.15) is 122 Å². The van der Waals surface area contributed by atoms with E-state index in [2.05, 4.69) is 106 Å². The Kier molecular flexibility index (Phi) is 10.2. The molecule has 0 saturated carbocycles. The van der Waals surface area contributed by atoms with Crippen molar-refractivity contribution in [1.82, 2.24) is 0 Å². The SMILES string of the molecule is CC(C)c1cc(P[C@@H](C)C[C@H](C)Pc2cc(C(C)C)cc(C(C)C)c2)cc(C(C)C)c1. The molecule has 0 aliphatic rings. The van der Waals surface area contributed by atoms with Crippen LogP contribution >= 0.6 is 17.2 Å². The second-order valence-corrected chi connectivity index (χ2v) is 14.4. The molecule has 0 fully saturated rings. The summed E-state index contributed by atoms with van der Waals surface area (Å²) < 4.78 is 0. The summed E-state index contributed by atoms with van der Waals surface area (Å²) in [6.07, 6.45) is 1.31. The van der Waals surface area contributed by atoms with E-state index in [1.807, 2.05) is 0 Å². The van der Waals surface area contributed by atoms with Crippen LogP contribution in [-0.4, -0.2) is 11.3 Å². The van der Waals surface area contributed by atoms with E-state index in [0.29, 0.717) is 23.7 Å². The zero-order valence-corrected chi connectivity index (χ0v) is 23.6. The zero-order chi connectivity index (χ0) is 23.3. The van der Waals surface area contributed by atoms with E-state index in [-0.39, 0.29) is 0 Å². The van der Waals surface area contributed by atoms with Gasteiger partial charge >= 0.3 is 0 Å². The first-order valence-corrected chi connectivity index (χ1v) is 14.4. The van der Waals surface area contributed by atoms with Crippen molar-refractivity contribution in [3.63, 3.8) is 0 Å². The standard InChI is InChI=1S/C29H46P2/c1-18(2)24-12-25(19(3)4)15-28(14-24)30-22(9)11-23(10)31-29-16-26(20(5)6)13-27(17-29)21(7)8/h12-23,30-31H,11H2,1-10H3/t22-,23-/m0/s1. The first-order chi connectivity index (χ1) is 14.5. The van der Waals surface area contributed by atoms with Crippen LogP contribution in [0.15, 0.2) is 36.4 Å². The fourth-order valence-electron chi connectivity index (χ4n) is 4.07. The molecule has 0 saturated heterocycles.